The van der Waals surface area contributed by atoms with Crippen molar-refractivity contribution in [2.75, 3.05) is 5.32 Å². The molecule has 31 heavy (non-hydrogen) atoms. The van der Waals surface area contributed by atoms with Crippen LogP contribution in [0, 0.1) is 0 Å². The summed E-state index contributed by atoms with van der Waals surface area (Å²) in [5.41, 5.74) is 9.39. The molecule has 0 radical (unpaired) electrons. The fourth-order valence-electron chi connectivity index (χ4n) is 3.80. The minimum Gasteiger partial charge on any atom is -0.367 e. The molecule has 1 aliphatic carbocycles. The number of nitrogens with one attached hydrogen (secondary N) is 1. The molecule has 0 aliphatic heterocycles. The molecular weight excluding hydrogens is 451 g/mol. The molecule has 1 aromatic heterocycles. The summed E-state index contributed by atoms with van der Waals surface area (Å²) in [4.78, 5) is 9.62. The number of nitrogens with zero attached hydrogens (tertiary/aromatic N) is 2. The van der Waals surface area contributed by atoms with E-state index < -0.39 is 0 Å². The first kappa shape index (κ1) is 25.4. The molecule has 0 unspecified atom stereocenters. The van der Waals surface area contributed by atoms with Crippen molar-refractivity contribution in [1.82, 2.24) is 9.97 Å². The average molecular weight is 480 g/mol. The van der Waals surface area contributed by atoms with Crippen LogP contribution < -0.4 is 11.1 Å². The van der Waals surface area contributed by atoms with E-state index in [0.29, 0.717) is 17.9 Å². The van der Waals surface area contributed by atoms with E-state index in [1.165, 1.54) is 5.56 Å². The maximum atomic E-state index is 6.08. The van der Waals surface area contributed by atoms with Gasteiger partial charge in [0.2, 0.25) is 0 Å². The van der Waals surface area contributed by atoms with Crippen LogP contribution in [0.5, 0.6) is 0 Å². The number of aromatic nitrogens is 2. The Balaban J connectivity index is 0.00000171. The van der Waals surface area contributed by atoms with Crippen molar-refractivity contribution in [2.24, 2.45) is 5.73 Å². The molecule has 1 heterocycles. The third kappa shape index (κ3) is 6.56. The first-order chi connectivity index (χ1) is 14.1. The zero-order chi connectivity index (χ0) is 20.2. The largest absolute Gasteiger partial charge is 0.367 e. The molecule has 0 saturated heterocycles. The summed E-state index contributed by atoms with van der Waals surface area (Å²) in [7, 11) is 0. The highest BCUT2D eigenvalue weighted by Crippen LogP contribution is 2.27. The van der Waals surface area contributed by atoms with Gasteiger partial charge in [0.15, 0.2) is 5.82 Å². The molecule has 1 aliphatic rings. The smallest absolute Gasteiger partial charge is 0.154 e. The van der Waals surface area contributed by atoms with E-state index in [9.17, 15) is 0 Å². The Morgan fingerprint density at radius 2 is 1.71 bits per heavy atom. The highest BCUT2D eigenvalue weighted by atomic mass is 35.5. The Hall–Kier alpha value is -1.85. The summed E-state index contributed by atoms with van der Waals surface area (Å²) < 4.78 is 0. The number of anilines is 1. The molecule has 2 aromatic carbocycles. The van der Waals surface area contributed by atoms with Gasteiger partial charge < -0.3 is 11.1 Å². The molecular formula is C24H29Cl3N4. The molecule has 0 bridgehead atoms. The van der Waals surface area contributed by atoms with Gasteiger partial charge >= 0.3 is 0 Å². The number of benzene rings is 2. The van der Waals surface area contributed by atoms with Crippen LogP contribution in [0.3, 0.4) is 0 Å². The van der Waals surface area contributed by atoms with Gasteiger partial charge in [0.05, 0.1) is 5.52 Å². The third-order valence-electron chi connectivity index (χ3n) is 5.59. The Kier molecular flexibility index (Phi) is 9.57. The van der Waals surface area contributed by atoms with E-state index in [0.717, 1.165) is 59.4 Å². The fraction of sp³-hybridized carbons (Fsp3) is 0.333. The summed E-state index contributed by atoms with van der Waals surface area (Å²) in [5.74, 6) is 1.62. The molecule has 1 fully saturated rings. The molecule has 3 aromatic rings. The van der Waals surface area contributed by atoms with E-state index in [2.05, 4.69) is 30.4 Å². The van der Waals surface area contributed by atoms with Crippen LogP contribution in [-0.2, 0) is 6.42 Å². The number of hydrogen-bond acceptors (Lipinski definition) is 4. The van der Waals surface area contributed by atoms with Crippen LogP contribution in [0.4, 0.5) is 5.82 Å². The minimum atomic E-state index is 0. The normalized spacial score (nSPS) is 18.4. The van der Waals surface area contributed by atoms with Gasteiger partial charge in [-0.15, -0.1) is 24.8 Å². The fourth-order valence-corrected chi connectivity index (χ4v) is 3.93. The Morgan fingerprint density at radius 1 is 1.00 bits per heavy atom. The number of fused-ring (bicyclic) bond motifs is 1. The molecule has 0 amide bonds. The van der Waals surface area contributed by atoms with Gasteiger partial charge in [-0.3, -0.25) is 0 Å². The van der Waals surface area contributed by atoms with Crippen LogP contribution in [0.25, 0.3) is 23.1 Å². The number of nitrogens with two attached hydrogens (primary N) is 1. The Bertz CT molecular complexity index is 1010. The van der Waals surface area contributed by atoms with Crippen molar-refractivity contribution in [2.45, 2.75) is 51.1 Å². The molecule has 3 N–H and O–H groups in total. The van der Waals surface area contributed by atoms with Crippen molar-refractivity contribution in [1.29, 1.82) is 0 Å². The van der Waals surface area contributed by atoms with E-state index in [4.69, 9.17) is 27.3 Å². The standard InChI is InChI=1S/C24H27ClN4.2ClH/c1-2-16-5-13-22-21(15-16)24(27-20-11-9-19(26)10-12-20)29-23(28-22)14-6-17-3-7-18(25)8-4-17;;/h3-8,13-15,19-20H,2,9-12,26H2,1H3,(H,27,28,29);2*1H/b14-6+;;. The van der Waals surface area contributed by atoms with Crippen molar-refractivity contribution in [3.63, 3.8) is 0 Å². The van der Waals surface area contributed by atoms with Crippen LogP contribution in [0.2, 0.25) is 5.02 Å². The Labute approximate surface area is 201 Å². The molecule has 1 saturated carbocycles. The van der Waals surface area contributed by atoms with Crippen LogP contribution in [-0.4, -0.2) is 22.1 Å². The maximum Gasteiger partial charge on any atom is 0.154 e. The highest BCUT2D eigenvalue weighted by molar-refractivity contribution is 6.30. The predicted molar refractivity (Wildman–Crippen MR) is 138 cm³/mol. The number of hydrogen-bond donors (Lipinski definition) is 2. The van der Waals surface area contributed by atoms with Gasteiger partial charge in [0.25, 0.3) is 0 Å². The van der Waals surface area contributed by atoms with Gasteiger partial charge in [-0.25, -0.2) is 9.97 Å². The van der Waals surface area contributed by atoms with Crippen molar-refractivity contribution < 1.29 is 0 Å². The van der Waals surface area contributed by atoms with E-state index >= 15 is 0 Å². The summed E-state index contributed by atoms with van der Waals surface area (Å²) in [5, 5.41) is 5.50. The lowest BCUT2D eigenvalue weighted by atomic mass is 9.92. The lowest BCUT2D eigenvalue weighted by Gasteiger charge is -2.27. The van der Waals surface area contributed by atoms with Gasteiger partial charge in [-0.1, -0.05) is 42.8 Å². The van der Waals surface area contributed by atoms with Crippen molar-refractivity contribution in [3.05, 3.63) is 64.4 Å². The summed E-state index contributed by atoms with van der Waals surface area (Å²) in [6.45, 7) is 2.17. The second-order valence-electron chi connectivity index (χ2n) is 7.78. The van der Waals surface area contributed by atoms with Crippen molar-refractivity contribution >= 4 is 65.3 Å². The second-order valence-corrected chi connectivity index (χ2v) is 8.21. The van der Waals surface area contributed by atoms with Crippen LogP contribution in [0.15, 0.2) is 42.5 Å². The molecule has 4 rings (SSSR count). The molecule has 7 heteroatoms. The molecule has 166 valence electrons. The quantitative estimate of drug-likeness (QED) is 0.436. The minimum absolute atomic E-state index is 0. The topological polar surface area (TPSA) is 63.8 Å². The maximum absolute atomic E-state index is 6.08. The monoisotopic (exact) mass is 478 g/mol. The first-order valence-corrected chi connectivity index (χ1v) is 10.7. The third-order valence-corrected chi connectivity index (χ3v) is 5.85. The van der Waals surface area contributed by atoms with Gasteiger partial charge in [0, 0.05) is 22.5 Å². The molecule has 4 nitrogen and oxygen atoms in total. The SMILES string of the molecule is CCc1ccc2nc(/C=C/c3ccc(Cl)cc3)nc(NC3CCC(N)CC3)c2c1.Cl.Cl. The van der Waals surface area contributed by atoms with E-state index in [-0.39, 0.29) is 24.8 Å². The van der Waals surface area contributed by atoms with Gasteiger partial charge in [-0.05, 0) is 73.6 Å². The summed E-state index contributed by atoms with van der Waals surface area (Å²) in [6.07, 6.45) is 9.24. The predicted octanol–water partition coefficient (Wildman–Crippen LogP) is 6.54. The number of rotatable bonds is 5. The van der Waals surface area contributed by atoms with Gasteiger partial charge in [-0.2, -0.15) is 0 Å². The zero-order valence-corrected chi connectivity index (χ0v) is 19.9. The summed E-state index contributed by atoms with van der Waals surface area (Å²) >= 11 is 5.98. The van der Waals surface area contributed by atoms with Crippen LogP contribution in [0.1, 0.15) is 49.6 Å². The second kappa shape index (κ2) is 11.7. The van der Waals surface area contributed by atoms with Gasteiger partial charge in [0.1, 0.15) is 5.82 Å². The highest BCUT2D eigenvalue weighted by Gasteiger charge is 2.20. The van der Waals surface area contributed by atoms with E-state index in [1.54, 1.807) is 0 Å². The first-order valence-electron chi connectivity index (χ1n) is 10.4. The average Bonchev–Trinajstić information content (AvgIpc) is 2.74. The lowest BCUT2D eigenvalue weighted by Crippen LogP contribution is -2.33. The van der Waals surface area contributed by atoms with Crippen LogP contribution >= 0.6 is 36.4 Å². The van der Waals surface area contributed by atoms with E-state index in [1.807, 2.05) is 36.4 Å². The molecule has 0 spiro atoms. The summed E-state index contributed by atoms with van der Waals surface area (Å²) in [6, 6.07) is 14.9. The molecule has 0 atom stereocenters. The number of halogens is 3. The van der Waals surface area contributed by atoms with Crippen molar-refractivity contribution in [3.8, 4) is 0 Å². The Morgan fingerprint density at radius 3 is 2.39 bits per heavy atom. The lowest BCUT2D eigenvalue weighted by molar-refractivity contribution is 0.410. The number of aryl methyl sites for hydroxylation is 1. The zero-order valence-electron chi connectivity index (χ0n) is 17.6.